The molecule has 102 valence electrons. The highest BCUT2D eigenvalue weighted by Gasteiger charge is 2.17. The molecule has 17 heavy (non-hydrogen) atoms. The summed E-state index contributed by atoms with van der Waals surface area (Å²) in [6.45, 7) is 12.1. The molecule has 1 rings (SSSR count). The molecule has 0 saturated carbocycles. The number of hydrogen-bond donors (Lipinski definition) is 1. The fourth-order valence-corrected chi connectivity index (χ4v) is 2.15. The maximum absolute atomic E-state index is 9.41. The van der Waals surface area contributed by atoms with Crippen molar-refractivity contribution in [2.75, 3.05) is 39.5 Å². The van der Waals surface area contributed by atoms with E-state index >= 15 is 0 Å². The minimum Gasteiger partial charge on any atom is -0.396 e. The van der Waals surface area contributed by atoms with E-state index in [-0.39, 0.29) is 0 Å². The number of ether oxygens (including phenoxy) is 1. The van der Waals surface area contributed by atoms with Gasteiger partial charge in [0.25, 0.3) is 0 Å². The molecule has 0 amide bonds. The molecule has 3 nitrogen and oxygen atoms in total. The summed E-state index contributed by atoms with van der Waals surface area (Å²) in [6.07, 6.45) is 3.46. The number of aliphatic hydroxyl groups is 1. The summed E-state index contributed by atoms with van der Waals surface area (Å²) in [5, 5.41) is 9.41. The smallest absolute Gasteiger partial charge is 0.0594 e. The highest BCUT2D eigenvalue weighted by molar-refractivity contribution is 4.69. The topological polar surface area (TPSA) is 32.7 Å². The Hall–Kier alpha value is -0.120. The van der Waals surface area contributed by atoms with Crippen LogP contribution in [0.4, 0.5) is 0 Å². The predicted molar refractivity (Wildman–Crippen MR) is 71.1 cm³/mol. The first-order valence-corrected chi connectivity index (χ1v) is 6.92. The molecule has 0 aromatic carbocycles. The van der Waals surface area contributed by atoms with Gasteiger partial charge < -0.3 is 9.84 Å². The van der Waals surface area contributed by atoms with E-state index in [0.29, 0.717) is 17.9 Å². The third-order valence-corrected chi connectivity index (χ3v) is 3.52. The Kier molecular flexibility index (Phi) is 6.45. The summed E-state index contributed by atoms with van der Waals surface area (Å²) in [5.41, 5.74) is 0.381. The lowest BCUT2D eigenvalue weighted by molar-refractivity contribution is 0.0333. The predicted octanol–water partition coefficient (Wildman–Crippen LogP) is 2.14. The van der Waals surface area contributed by atoms with Crippen LogP contribution in [0.2, 0.25) is 0 Å². The molecule has 0 bridgehead atoms. The highest BCUT2D eigenvalue weighted by Crippen LogP contribution is 2.24. The van der Waals surface area contributed by atoms with E-state index in [1.807, 2.05) is 0 Å². The van der Waals surface area contributed by atoms with Gasteiger partial charge in [0.2, 0.25) is 0 Å². The van der Waals surface area contributed by atoms with Gasteiger partial charge in [0.05, 0.1) is 13.2 Å². The van der Waals surface area contributed by atoms with Crippen LogP contribution in [0.1, 0.15) is 40.0 Å². The van der Waals surface area contributed by atoms with Gasteiger partial charge in [-0.05, 0) is 37.1 Å². The second-order valence-corrected chi connectivity index (χ2v) is 6.39. The molecule has 3 heteroatoms. The fraction of sp³-hybridized carbons (Fsp3) is 1.00. The second kappa shape index (κ2) is 7.34. The first-order chi connectivity index (χ1) is 8.01. The van der Waals surface area contributed by atoms with E-state index in [9.17, 15) is 5.11 Å². The lowest BCUT2D eigenvalue weighted by Gasteiger charge is -2.28. The van der Waals surface area contributed by atoms with Gasteiger partial charge in [-0.25, -0.2) is 0 Å². The molecule has 0 unspecified atom stereocenters. The van der Waals surface area contributed by atoms with Crippen molar-refractivity contribution >= 4 is 0 Å². The molecule has 0 aromatic rings. The zero-order valence-electron chi connectivity index (χ0n) is 11.7. The van der Waals surface area contributed by atoms with E-state index in [2.05, 4.69) is 25.7 Å². The zero-order chi connectivity index (χ0) is 12.7. The Balaban J connectivity index is 2.17. The molecule has 1 aliphatic heterocycles. The molecule has 1 saturated heterocycles. The fourth-order valence-electron chi connectivity index (χ4n) is 2.15. The van der Waals surface area contributed by atoms with E-state index in [1.165, 1.54) is 6.42 Å². The van der Waals surface area contributed by atoms with Gasteiger partial charge in [-0.15, -0.1) is 0 Å². The molecule has 0 spiro atoms. The van der Waals surface area contributed by atoms with Crippen LogP contribution < -0.4 is 0 Å². The first kappa shape index (κ1) is 14.9. The largest absolute Gasteiger partial charge is 0.396 e. The van der Waals surface area contributed by atoms with Crippen LogP contribution >= 0.6 is 0 Å². The van der Waals surface area contributed by atoms with Crippen LogP contribution in [-0.4, -0.2) is 49.5 Å². The van der Waals surface area contributed by atoms with Crippen LogP contribution in [0.15, 0.2) is 0 Å². The van der Waals surface area contributed by atoms with Crippen LogP contribution in [0.3, 0.4) is 0 Å². The summed E-state index contributed by atoms with van der Waals surface area (Å²) >= 11 is 0. The van der Waals surface area contributed by atoms with Crippen molar-refractivity contribution in [1.82, 2.24) is 4.90 Å². The standard InChI is InChI=1S/C14H29NO2/c1-14(2,3)6-4-13(12-16)5-7-15-8-10-17-11-9-15/h13,16H,4-12H2,1-3H3/t13-/m0/s1. The van der Waals surface area contributed by atoms with Gasteiger partial charge in [-0.2, -0.15) is 0 Å². The number of aliphatic hydroxyl groups excluding tert-OH is 1. The van der Waals surface area contributed by atoms with Gasteiger partial charge in [0, 0.05) is 19.7 Å². The highest BCUT2D eigenvalue weighted by atomic mass is 16.5. The molecule has 0 radical (unpaired) electrons. The van der Waals surface area contributed by atoms with Crippen LogP contribution in [0, 0.1) is 11.3 Å². The molecule has 0 aromatic heterocycles. The zero-order valence-corrected chi connectivity index (χ0v) is 11.7. The lowest BCUT2D eigenvalue weighted by Crippen LogP contribution is -2.37. The number of hydrogen-bond acceptors (Lipinski definition) is 3. The summed E-state index contributed by atoms with van der Waals surface area (Å²) in [4.78, 5) is 2.45. The SMILES string of the molecule is CC(C)(C)CC[C@H](CO)CCN1CCOCC1. The number of nitrogens with zero attached hydrogens (tertiary/aromatic N) is 1. The molecule has 1 atom stereocenters. The molecule has 0 aliphatic carbocycles. The van der Waals surface area contributed by atoms with Crippen molar-refractivity contribution in [3.05, 3.63) is 0 Å². The average molecular weight is 243 g/mol. The Morgan fingerprint density at radius 3 is 2.35 bits per heavy atom. The summed E-state index contributed by atoms with van der Waals surface area (Å²) in [6, 6.07) is 0. The van der Waals surface area contributed by atoms with Crippen molar-refractivity contribution in [2.45, 2.75) is 40.0 Å². The quantitative estimate of drug-likeness (QED) is 0.776. The van der Waals surface area contributed by atoms with Crippen molar-refractivity contribution in [2.24, 2.45) is 11.3 Å². The van der Waals surface area contributed by atoms with Gasteiger partial charge >= 0.3 is 0 Å². The van der Waals surface area contributed by atoms with Crippen LogP contribution in [0.25, 0.3) is 0 Å². The molecular formula is C14H29NO2. The molecule has 1 heterocycles. The average Bonchev–Trinajstić information content (AvgIpc) is 2.29. The third-order valence-electron chi connectivity index (χ3n) is 3.52. The van der Waals surface area contributed by atoms with Crippen LogP contribution in [0.5, 0.6) is 0 Å². The lowest BCUT2D eigenvalue weighted by atomic mass is 9.86. The second-order valence-electron chi connectivity index (χ2n) is 6.39. The molecular weight excluding hydrogens is 214 g/mol. The maximum atomic E-state index is 9.41. The Morgan fingerprint density at radius 1 is 1.18 bits per heavy atom. The summed E-state index contributed by atoms with van der Waals surface area (Å²) in [5.74, 6) is 0.470. The summed E-state index contributed by atoms with van der Waals surface area (Å²) in [7, 11) is 0. The molecule has 1 aliphatic rings. The van der Waals surface area contributed by atoms with E-state index in [4.69, 9.17) is 4.74 Å². The Bertz CT molecular complexity index is 195. The van der Waals surface area contributed by atoms with Crippen molar-refractivity contribution in [3.8, 4) is 0 Å². The minimum absolute atomic E-state index is 0.334. The first-order valence-electron chi connectivity index (χ1n) is 6.92. The van der Waals surface area contributed by atoms with Gasteiger partial charge in [0.1, 0.15) is 0 Å². The van der Waals surface area contributed by atoms with Crippen molar-refractivity contribution in [1.29, 1.82) is 0 Å². The van der Waals surface area contributed by atoms with Gasteiger partial charge in [-0.3, -0.25) is 4.90 Å². The van der Waals surface area contributed by atoms with Crippen molar-refractivity contribution in [3.63, 3.8) is 0 Å². The monoisotopic (exact) mass is 243 g/mol. The minimum atomic E-state index is 0.334. The molecule has 1 fully saturated rings. The van der Waals surface area contributed by atoms with Crippen molar-refractivity contribution < 1.29 is 9.84 Å². The van der Waals surface area contributed by atoms with E-state index in [0.717, 1.165) is 45.7 Å². The van der Waals surface area contributed by atoms with Gasteiger partial charge in [0.15, 0.2) is 0 Å². The van der Waals surface area contributed by atoms with Crippen LogP contribution in [-0.2, 0) is 4.74 Å². The third kappa shape index (κ3) is 7.02. The Labute approximate surface area is 106 Å². The molecule has 1 N–H and O–H groups in total. The normalized spacial score (nSPS) is 20.5. The number of rotatable bonds is 6. The maximum Gasteiger partial charge on any atom is 0.0594 e. The summed E-state index contributed by atoms with van der Waals surface area (Å²) < 4.78 is 5.33. The van der Waals surface area contributed by atoms with Gasteiger partial charge in [-0.1, -0.05) is 20.8 Å². The number of morpholine rings is 1. The van der Waals surface area contributed by atoms with E-state index < -0.39 is 0 Å². The Morgan fingerprint density at radius 2 is 1.82 bits per heavy atom. The van der Waals surface area contributed by atoms with E-state index in [1.54, 1.807) is 0 Å².